The van der Waals surface area contributed by atoms with Crippen LogP contribution in [0.3, 0.4) is 0 Å². The Hall–Kier alpha value is -2.89. The first-order valence-electron chi connectivity index (χ1n) is 7.23. The smallest absolute Gasteiger partial charge is 0.321 e. The number of hydrogen-bond acceptors (Lipinski definition) is 3. The summed E-state index contributed by atoms with van der Waals surface area (Å²) >= 11 is 0. The number of nitrogens with zero attached hydrogens (tertiary/aromatic N) is 2. The van der Waals surface area contributed by atoms with Gasteiger partial charge in [0.1, 0.15) is 0 Å². The van der Waals surface area contributed by atoms with Crippen molar-refractivity contribution in [2.45, 2.75) is 19.9 Å². The maximum atomic E-state index is 12.3. The Morgan fingerprint density at radius 2 is 1.91 bits per heavy atom. The van der Waals surface area contributed by atoms with Crippen molar-refractivity contribution in [3.8, 4) is 0 Å². The highest BCUT2D eigenvalue weighted by atomic mass is 16.6. The Morgan fingerprint density at radius 1 is 1.22 bits per heavy atom. The van der Waals surface area contributed by atoms with E-state index in [0.717, 1.165) is 5.56 Å². The summed E-state index contributed by atoms with van der Waals surface area (Å²) in [5, 5.41) is 13.7. The second-order valence-electron chi connectivity index (χ2n) is 5.44. The molecule has 6 nitrogen and oxygen atoms in total. The van der Waals surface area contributed by atoms with E-state index in [-0.39, 0.29) is 17.8 Å². The van der Waals surface area contributed by atoms with Crippen LogP contribution < -0.4 is 5.32 Å². The molecule has 0 unspecified atom stereocenters. The molecular formula is C17H19N3O3. The van der Waals surface area contributed by atoms with Crippen molar-refractivity contribution in [3.05, 3.63) is 69.8 Å². The van der Waals surface area contributed by atoms with Crippen LogP contribution in [-0.4, -0.2) is 22.9 Å². The summed E-state index contributed by atoms with van der Waals surface area (Å²) < 4.78 is 0. The fourth-order valence-corrected chi connectivity index (χ4v) is 2.23. The molecule has 0 fully saturated rings. The van der Waals surface area contributed by atoms with Crippen LogP contribution in [0.2, 0.25) is 0 Å². The van der Waals surface area contributed by atoms with Crippen LogP contribution in [-0.2, 0) is 0 Å². The van der Waals surface area contributed by atoms with Crippen molar-refractivity contribution in [1.82, 2.24) is 4.90 Å². The van der Waals surface area contributed by atoms with Gasteiger partial charge in [-0.25, -0.2) is 4.79 Å². The van der Waals surface area contributed by atoms with Gasteiger partial charge in [-0.15, -0.1) is 0 Å². The first-order valence-corrected chi connectivity index (χ1v) is 7.23. The largest absolute Gasteiger partial charge is 0.322 e. The summed E-state index contributed by atoms with van der Waals surface area (Å²) in [6.45, 7) is 3.78. The molecule has 120 valence electrons. The highest BCUT2D eigenvalue weighted by Gasteiger charge is 2.19. The first kappa shape index (κ1) is 16.5. The summed E-state index contributed by atoms with van der Waals surface area (Å²) in [5.74, 6) is 0. The number of nitrogens with one attached hydrogen (secondary N) is 1. The average molecular weight is 313 g/mol. The number of rotatable bonds is 4. The SMILES string of the molecule is Cc1cccc(NC(=O)N(C)[C@H](C)c2cccc([N+](=O)[O-])c2)c1. The summed E-state index contributed by atoms with van der Waals surface area (Å²) in [5.41, 5.74) is 2.49. The molecule has 2 aromatic rings. The van der Waals surface area contributed by atoms with Crippen molar-refractivity contribution < 1.29 is 9.72 Å². The minimum Gasteiger partial charge on any atom is -0.321 e. The summed E-state index contributed by atoms with van der Waals surface area (Å²) in [4.78, 5) is 24.3. The molecule has 0 aliphatic heterocycles. The Kier molecular flexibility index (Phi) is 4.95. The van der Waals surface area contributed by atoms with Crippen molar-refractivity contribution in [3.63, 3.8) is 0 Å². The molecule has 1 N–H and O–H groups in total. The van der Waals surface area contributed by atoms with Crippen molar-refractivity contribution in [2.24, 2.45) is 0 Å². The third-order valence-electron chi connectivity index (χ3n) is 3.73. The van der Waals surface area contributed by atoms with Crippen molar-refractivity contribution in [1.29, 1.82) is 0 Å². The number of aryl methyl sites for hydroxylation is 1. The maximum Gasteiger partial charge on any atom is 0.322 e. The predicted octanol–water partition coefficient (Wildman–Crippen LogP) is 4.13. The minimum absolute atomic E-state index is 0.0156. The zero-order valence-corrected chi connectivity index (χ0v) is 13.3. The van der Waals surface area contributed by atoms with Crippen LogP contribution in [0, 0.1) is 17.0 Å². The van der Waals surface area contributed by atoms with Crippen molar-refractivity contribution in [2.75, 3.05) is 12.4 Å². The molecule has 0 aliphatic carbocycles. The molecule has 0 saturated heterocycles. The van der Waals surface area contributed by atoms with E-state index >= 15 is 0 Å². The van der Waals surface area contributed by atoms with E-state index in [1.807, 2.05) is 38.1 Å². The van der Waals surface area contributed by atoms with Gasteiger partial charge in [-0.3, -0.25) is 10.1 Å². The second-order valence-corrected chi connectivity index (χ2v) is 5.44. The Balaban J connectivity index is 2.12. The number of nitro benzene ring substituents is 1. The molecule has 0 heterocycles. The van der Waals surface area contributed by atoms with E-state index < -0.39 is 4.92 Å². The van der Waals surface area contributed by atoms with E-state index in [1.54, 1.807) is 19.2 Å². The van der Waals surface area contributed by atoms with Gasteiger partial charge in [0.25, 0.3) is 5.69 Å². The van der Waals surface area contributed by atoms with Crippen LogP contribution in [0.1, 0.15) is 24.1 Å². The molecule has 2 amide bonds. The number of carbonyl (C=O) groups excluding carboxylic acids is 1. The molecule has 0 bridgehead atoms. The van der Waals surface area contributed by atoms with Gasteiger partial charge in [-0.2, -0.15) is 0 Å². The molecule has 0 aromatic heterocycles. The fraction of sp³-hybridized carbons (Fsp3) is 0.235. The lowest BCUT2D eigenvalue weighted by atomic mass is 10.1. The molecule has 0 saturated carbocycles. The van der Waals surface area contributed by atoms with Gasteiger partial charge < -0.3 is 10.2 Å². The van der Waals surface area contributed by atoms with Gasteiger partial charge in [-0.1, -0.05) is 24.3 Å². The molecule has 2 rings (SSSR count). The topological polar surface area (TPSA) is 75.5 Å². The van der Waals surface area contributed by atoms with Gasteiger partial charge in [0.15, 0.2) is 0 Å². The fourth-order valence-electron chi connectivity index (χ4n) is 2.23. The zero-order chi connectivity index (χ0) is 17.0. The van der Waals surface area contributed by atoms with E-state index in [0.29, 0.717) is 11.3 Å². The second kappa shape index (κ2) is 6.91. The highest BCUT2D eigenvalue weighted by molar-refractivity contribution is 5.89. The number of hydrogen-bond donors (Lipinski definition) is 1. The minimum atomic E-state index is -0.441. The standard InChI is InChI=1S/C17H19N3O3/c1-12-6-4-8-15(10-12)18-17(21)19(3)13(2)14-7-5-9-16(11-14)20(22)23/h4-11,13H,1-3H3,(H,18,21)/t13-/m1/s1. The number of nitro groups is 1. The molecule has 0 aliphatic rings. The molecule has 2 aromatic carbocycles. The normalized spacial score (nSPS) is 11.6. The Morgan fingerprint density at radius 3 is 2.57 bits per heavy atom. The third kappa shape index (κ3) is 4.06. The van der Waals surface area contributed by atoms with Crippen LogP contribution in [0.15, 0.2) is 48.5 Å². The number of amides is 2. The molecule has 0 spiro atoms. The summed E-state index contributed by atoms with van der Waals surface area (Å²) in [6.07, 6.45) is 0. The van der Waals surface area contributed by atoms with Crippen LogP contribution >= 0.6 is 0 Å². The number of non-ortho nitro benzene ring substituents is 1. The van der Waals surface area contributed by atoms with Crippen LogP contribution in [0.25, 0.3) is 0 Å². The first-order chi connectivity index (χ1) is 10.9. The number of carbonyl (C=O) groups is 1. The Bertz CT molecular complexity index is 731. The van der Waals surface area contributed by atoms with E-state index in [1.165, 1.54) is 17.0 Å². The maximum absolute atomic E-state index is 12.3. The van der Waals surface area contributed by atoms with Gasteiger partial charge in [0, 0.05) is 24.9 Å². The molecule has 0 radical (unpaired) electrons. The lowest BCUT2D eigenvalue weighted by Crippen LogP contribution is -2.33. The summed E-state index contributed by atoms with van der Waals surface area (Å²) in [6, 6.07) is 13.3. The highest BCUT2D eigenvalue weighted by Crippen LogP contribution is 2.23. The molecule has 1 atom stereocenters. The molecule has 6 heteroatoms. The van der Waals surface area contributed by atoms with Gasteiger partial charge in [-0.05, 0) is 37.1 Å². The third-order valence-corrected chi connectivity index (χ3v) is 3.73. The quantitative estimate of drug-likeness (QED) is 0.681. The monoisotopic (exact) mass is 313 g/mol. The number of benzene rings is 2. The van der Waals surface area contributed by atoms with E-state index in [2.05, 4.69) is 5.32 Å². The lowest BCUT2D eigenvalue weighted by molar-refractivity contribution is -0.384. The van der Waals surface area contributed by atoms with Gasteiger partial charge in [0.05, 0.1) is 11.0 Å². The Labute approximate surface area is 134 Å². The van der Waals surface area contributed by atoms with E-state index in [4.69, 9.17) is 0 Å². The van der Waals surface area contributed by atoms with Crippen molar-refractivity contribution >= 4 is 17.4 Å². The molecular weight excluding hydrogens is 294 g/mol. The van der Waals surface area contributed by atoms with Gasteiger partial charge >= 0.3 is 6.03 Å². The lowest BCUT2D eigenvalue weighted by Gasteiger charge is -2.25. The van der Waals surface area contributed by atoms with Crippen LogP contribution in [0.4, 0.5) is 16.2 Å². The summed E-state index contributed by atoms with van der Waals surface area (Å²) in [7, 11) is 1.66. The van der Waals surface area contributed by atoms with Crippen LogP contribution in [0.5, 0.6) is 0 Å². The van der Waals surface area contributed by atoms with Gasteiger partial charge in [0.2, 0.25) is 0 Å². The average Bonchev–Trinajstić information content (AvgIpc) is 2.53. The van der Waals surface area contributed by atoms with E-state index in [9.17, 15) is 14.9 Å². The predicted molar refractivity (Wildman–Crippen MR) is 89.5 cm³/mol. The number of urea groups is 1. The molecule has 23 heavy (non-hydrogen) atoms. The zero-order valence-electron chi connectivity index (χ0n) is 13.3. The number of anilines is 1.